The Morgan fingerprint density at radius 2 is 1.58 bits per heavy atom. The van der Waals surface area contributed by atoms with Crippen molar-refractivity contribution in [1.82, 2.24) is 10.6 Å². The van der Waals surface area contributed by atoms with Gasteiger partial charge in [0.25, 0.3) is 5.91 Å². The van der Waals surface area contributed by atoms with E-state index in [0.29, 0.717) is 23.4 Å². The van der Waals surface area contributed by atoms with E-state index in [2.05, 4.69) is 10.6 Å². The van der Waals surface area contributed by atoms with Gasteiger partial charge in [0.1, 0.15) is 12.2 Å². The number of aliphatic hydroxyl groups is 1. The van der Waals surface area contributed by atoms with Crippen LogP contribution in [0.4, 0.5) is 0 Å². The Labute approximate surface area is 307 Å². The fourth-order valence-electron chi connectivity index (χ4n) is 5.87. The van der Waals surface area contributed by atoms with E-state index in [9.17, 15) is 38.7 Å². The fraction of sp³-hybridized carbons (Fsp3) is 0.629. The molecule has 1 saturated heterocycles. The van der Waals surface area contributed by atoms with E-state index in [1.807, 2.05) is 6.92 Å². The van der Waals surface area contributed by atoms with Gasteiger partial charge in [-0.3, -0.25) is 28.8 Å². The Bertz CT molecular complexity index is 1410. The first-order valence-corrected chi connectivity index (χ1v) is 17.3. The molecule has 1 aliphatic rings. The molecule has 0 spiro atoms. The maximum absolute atomic E-state index is 13.7. The van der Waals surface area contributed by atoms with E-state index in [1.165, 1.54) is 0 Å². The summed E-state index contributed by atoms with van der Waals surface area (Å²) >= 11 is 5.95. The number of carbonyl (C=O) groups is 7. The number of unbranched alkanes of at least 4 members (excludes halogenated alkanes) is 3. The Kier molecular flexibility index (Phi) is 18.0. The first-order valence-electron chi connectivity index (χ1n) is 16.9. The van der Waals surface area contributed by atoms with Gasteiger partial charge in [-0.15, -0.1) is 0 Å². The molecule has 0 aromatic heterocycles. The number of benzene rings is 1. The van der Waals surface area contributed by atoms with E-state index >= 15 is 0 Å². The van der Waals surface area contributed by atoms with E-state index in [4.69, 9.17) is 40.0 Å². The SMILES string of the molecule is CCCCCCC(O)[C@]1(C(=O)OC)C[C@H](OC(C)=O)[C@@H](NC(=O)COC(C)=O)[C@H]([C@H](OC(C)=O)[C@@H](CNC(=O)Cc2ccc(Cl)cc2)OC(C)=O)O1. The van der Waals surface area contributed by atoms with Gasteiger partial charge in [0.2, 0.25) is 5.91 Å². The number of esters is 5. The molecular formula is C35H49ClN2O14. The second kappa shape index (κ2) is 21.3. The maximum Gasteiger partial charge on any atom is 0.341 e. The lowest BCUT2D eigenvalue weighted by Crippen LogP contribution is -2.71. The molecular weight excluding hydrogens is 708 g/mol. The monoisotopic (exact) mass is 756 g/mol. The van der Waals surface area contributed by atoms with Crippen molar-refractivity contribution in [2.75, 3.05) is 20.3 Å². The van der Waals surface area contributed by atoms with Gasteiger partial charge < -0.3 is 44.2 Å². The highest BCUT2D eigenvalue weighted by molar-refractivity contribution is 6.30. The number of hydrogen-bond acceptors (Lipinski definition) is 14. The molecule has 1 fully saturated rings. The maximum atomic E-state index is 13.7. The number of nitrogens with one attached hydrogen (secondary N) is 2. The van der Waals surface area contributed by atoms with Gasteiger partial charge in [-0.2, -0.15) is 0 Å². The van der Waals surface area contributed by atoms with Crippen LogP contribution >= 0.6 is 11.6 Å². The van der Waals surface area contributed by atoms with Crippen molar-refractivity contribution in [2.45, 2.75) is 122 Å². The first kappa shape index (κ1) is 43.9. The average Bonchev–Trinajstić information content (AvgIpc) is 3.07. The Morgan fingerprint density at radius 3 is 2.13 bits per heavy atom. The molecule has 52 heavy (non-hydrogen) atoms. The molecule has 1 aromatic carbocycles. The third-order valence-electron chi connectivity index (χ3n) is 8.15. The van der Waals surface area contributed by atoms with Gasteiger partial charge in [-0.1, -0.05) is 56.3 Å². The minimum absolute atomic E-state index is 0.0322. The predicted octanol–water partition coefficient (Wildman–Crippen LogP) is 1.87. The molecule has 16 nitrogen and oxygen atoms in total. The van der Waals surface area contributed by atoms with Crippen molar-refractivity contribution in [2.24, 2.45) is 0 Å². The Balaban J connectivity index is 2.70. The lowest BCUT2D eigenvalue weighted by Gasteiger charge is -2.50. The highest BCUT2D eigenvalue weighted by Gasteiger charge is 2.61. The fourth-order valence-corrected chi connectivity index (χ4v) is 6.00. The standard InChI is InChI=1S/C35H49ClN2O14/c1-7-8-9-10-11-28(43)35(34(46)47-6)17-26(49-21(3)40)31(38-30(45)19-48-20(2)39)33(52-35)32(51-23(5)42)27(50-22(4)41)18-37-29(44)16-24-12-14-25(36)15-13-24/h12-15,26-28,31-33,43H,7-11,16-19H2,1-6H3,(H,37,44)(H,38,45)/t26-,27+,28?,31+,32+,33+,35-/m0/s1. The molecule has 2 amide bonds. The molecule has 0 bridgehead atoms. The molecule has 1 unspecified atom stereocenters. The topological polar surface area (TPSA) is 219 Å². The predicted molar refractivity (Wildman–Crippen MR) is 182 cm³/mol. The zero-order valence-electron chi connectivity index (χ0n) is 30.3. The Morgan fingerprint density at radius 1 is 0.923 bits per heavy atom. The van der Waals surface area contributed by atoms with E-state index in [-0.39, 0.29) is 12.8 Å². The highest BCUT2D eigenvalue weighted by atomic mass is 35.5. The summed E-state index contributed by atoms with van der Waals surface area (Å²) in [4.78, 5) is 88.8. The molecule has 1 aromatic rings. The molecule has 290 valence electrons. The van der Waals surface area contributed by atoms with Crippen molar-refractivity contribution >= 4 is 53.3 Å². The summed E-state index contributed by atoms with van der Waals surface area (Å²) in [5, 5.41) is 17.3. The van der Waals surface area contributed by atoms with E-state index < -0.39 is 103 Å². The van der Waals surface area contributed by atoms with Gasteiger partial charge in [-0.25, -0.2) is 4.79 Å². The third-order valence-corrected chi connectivity index (χ3v) is 8.40. The van der Waals surface area contributed by atoms with Gasteiger partial charge in [-0.05, 0) is 24.1 Å². The van der Waals surface area contributed by atoms with Crippen LogP contribution in [-0.2, 0) is 68.4 Å². The molecule has 2 rings (SSSR count). The lowest BCUT2D eigenvalue weighted by molar-refractivity contribution is -0.259. The summed E-state index contributed by atoms with van der Waals surface area (Å²) in [6.07, 6.45) is -5.75. The van der Waals surface area contributed by atoms with Crippen molar-refractivity contribution in [3.05, 3.63) is 34.9 Å². The smallest absolute Gasteiger partial charge is 0.341 e. The number of carbonyl (C=O) groups excluding carboxylic acids is 7. The summed E-state index contributed by atoms with van der Waals surface area (Å²) in [7, 11) is 1.06. The number of ether oxygens (including phenoxy) is 6. The molecule has 1 heterocycles. The van der Waals surface area contributed by atoms with Crippen molar-refractivity contribution < 1.29 is 67.1 Å². The van der Waals surface area contributed by atoms with Gasteiger partial charge in [0.05, 0.1) is 32.2 Å². The summed E-state index contributed by atoms with van der Waals surface area (Å²) < 4.78 is 33.1. The first-order chi connectivity index (χ1) is 24.5. The van der Waals surface area contributed by atoms with Crippen LogP contribution in [0.5, 0.6) is 0 Å². The van der Waals surface area contributed by atoms with Crippen LogP contribution in [0, 0.1) is 0 Å². The van der Waals surface area contributed by atoms with Crippen LogP contribution in [0.3, 0.4) is 0 Å². The summed E-state index contributed by atoms with van der Waals surface area (Å²) in [6.45, 7) is 5.00. The quantitative estimate of drug-likeness (QED) is 0.104. The number of hydrogen-bond donors (Lipinski definition) is 3. The van der Waals surface area contributed by atoms with Crippen LogP contribution in [0.15, 0.2) is 24.3 Å². The summed E-state index contributed by atoms with van der Waals surface area (Å²) in [5.74, 6) is -5.92. The van der Waals surface area contributed by atoms with Crippen LogP contribution in [0.1, 0.15) is 78.7 Å². The normalized spacial score (nSPS) is 21.3. The average molecular weight is 757 g/mol. The van der Waals surface area contributed by atoms with Crippen molar-refractivity contribution in [1.29, 1.82) is 0 Å². The van der Waals surface area contributed by atoms with Gasteiger partial charge in [0.15, 0.2) is 24.4 Å². The van der Waals surface area contributed by atoms with Crippen LogP contribution in [0.25, 0.3) is 0 Å². The molecule has 17 heteroatoms. The second-order valence-corrected chi connectivity index (χ2v) is 12.8. The molecule has 0 saturated carbocycles. The second-order valence-electron chi connectivity index (χ2n) is 12.4. The van der Waals surface area contributed by atoms with Crippen LogP contribution < -0.4 is 10.6 Å². The lowest BCUT2D eigenvalue weighted by atomic mass is 9.79. The van der Waals surface area contributed by atoms with Crippen LogP contribution in [0.2, 0.25) is 5.02 Å². The molecule has 1 aliphatic heterocycles. The number of rotatable bonds is 19. The van der Waals surface area contributed by atoms with E-state index in [0.717, 1.165) is 47.6 Å². The zero-order valence-corrected chi connectivity index (χ0v) is 31.0. The third kappa shape index (κ3) is 13.7. The molecule has 3 N–H and O–H groups in total. The van der Waals surface area contributed by atoms with Crippen LogP contribution in [-0.4, -0.2) is 109 Å². The minimum atomic E-state index is -2.26. The largest absolute Gasteiger partial charge is 0.467 e. The number of halogens is 1. The summed E-state index contributed by atoms with van der Waals surface area (Å²) in [5.41, 5.74) is -1.66. The van der Waals surface area contributed by atoms with Crippen molar-refractivity contribution in [3.63, 3.8) is 0 Å². The summed E-state index contributed by atoms with van der Waals surface area (Å²) in [6, 6.07) is 5.00. The number of methoxy groups -OCH3 is 1. The van der Waals surface area contributed by atoms with Gasteiger partial charge in [0, 0.05) is 39.1 Å². The number of amides is 2. The minimum Gasteiger partial charge on any atom is -0.467 e. The molecule has 7 atom stereocenters. The Hall–Kier alpha value is -4.28. The number of aliphatic hydroxyl groups excluding tert-OH is 1. The van der Waals surface area contributed by atoms with Gasteiger partial charge >= 0.3 is 29.8 Å². The molecule has 0 aliphatic carbocycles. The van der Waals surface area contributed by atoms with Crippen molar-refractivity contribution in [3.8, 4) is 0 Å². The molecule has 0 radical (unpaired) electrons. The van der Waals surface area contributed by atoms with E-state index in [1.54, 1.807) is 24.3 Å². The highest BCUT2D eigenvalue weighted by Crippen LogP contribution is 2.39. The zero-order chi connectivity index (χ0) is 39.0.